The monoisotopic (exact) mass is 396 g/mol. The van der Waals surface area contributed by atoms with Crippen LogP contribution < -0.4 is 19.7 Å². The Morgan fingerprint density at radius 1 is 0.966 bits per heavy atom. The Morgan fingerprint density at radius 2 is 1.69 bits per heavy atom. The van der Waals surface area contributed by atoms with E-state index in [0.29, 0.717) is 22.5 Å². The Hall–Kier alpha value is -3.61. The smallest absolute Gasteiger partial charge is 0.387 e. The maximum absolute atomic E-state index is 13.3. The van der Waals surface area contributed by atoms with Crippen molar-refractivity contribution in [3.05, 3.63) is 83.9 Å². The molecule has 0 saturated carbocycles. The molecular weight excluding hydrogens is 378 g/mol. The van der Waals surface area contributed by atoms with Crippen LogP contribution in [-0.4, -0.2) is 19.6 Å². The second kappa shape index (κ2) is 7.79. The quantitative estimate of drug-likeness (QED) is 0.654. The molecule has 3 aromatic carbocycles. The molecule has 0 aromatic heterocycles. The molecule has 0 fully saturated rings. The van der Waals surface area contributed by atoms with Gasteiger partial charge in [-0.15, -0.1) is 0 Å². The average molecular weight is 396 g/mol. The second-order valence-electron chi connectivity index (χ2n) is 6.39. The fourth-order valence-electron chi connectivity index (χ4n) is 3.39. The summed E-state index contributed by atoms with van der Waals surface area (Å²) in [6.07, 6.45) is -0.620. The number of carbonyl (C=O) groups excluding carboxylic acids is 1. The van der Waals surface area contributed by atoms with Gasteiger partial charge in [0.2, 0.25) is 0 Å². The molecule has 0 bridgehead atoms. The van der Waals surface area contributed by atoms with Gasteiger partial charge in [-0.25, -0.2) is 0 Å². The minimum Gasteiger partial charge on any atom is -0.493 e. The van der Waals surface area contributed by atoms with Crippen molar-refractivity contribution >= 4 is 17.3 Å². The van der Waals surface area contributed by atoms with Gasteiger partial charge in [-0.2, -0.15) is 8.78 Å². The van der Waals surface area contributed by atoms with Gasteiger partial charge in [0.15, 0.2) is 11.5 Å². The molecule has 1 unspecified atom stereocenters. The standard InChI is InChI=1S/C22H18F2N2O3/c1-28-18-12-11-14(13-19(18)29-22(23)24)20-25-17-10-6-5-9-16(17)21(27)26(20)15-7-3-2-4-8-15/h2-13,20,22,25H,1H3. The summed E-state index contributed by atoms with van der Waals surface area (Å²) in [4.78, 5) is 14.9. The van der Waals surface area contributed by atoms with Gasteiger partial charge in [0.1, 0.15) is 6.17 Å². The first-order valence-electron chi connectivity index (χ1n) is 8.95. The molecule has 1 atom stereocenters. The molecule has 1 N–H and O–H groups in total. The minimum absolute atomic E-state index is 0.0962. The van der Waals surface area contributed by atoms with Crippen LogP contribution in [0.25, 0.3) is 0 Å². The van der Waals surface area contributed by atoms with Crippen LogP contribution in [0, 0.1) is 0 Å². The lowest BCUT2D eigenvalue weighted by atomic mass is 10.0. The zero-order chi connectivity index (χ0) is 20.4. The number of carbonyl (C=O) groups is 1. The summed E-state index contributed by atoms with van der Waals surface area (Å²) in [5.41, 5.74) is 2.46. The highest BCUT2D eigenvalue weighted by Crippen LogP contribution is 2.39. The maximum atomic E-state index is 13.3. The van der Waals surface area contributed by atoms with Crippen molar-refractivity contribution in [2.45, 2.75) is 12.8 Å². The summed E-state index contributed by atoms with van der Waals surface area (Å²) in [6, 6.07) is 21.1. The number of benzene rings is 3. The van der Waals surface area contributed by atoms with E-state index in [0.717, 1.165) is 0 Å². The predicted octanol–water partition coefficient (Wildman–Crippen LogP) is 5.07. The highest BCUT2D eigenvalue weighted by molar-refractivity contribution is 6.12. The van der Waals surface area contributed by atoms with Crippen LogP contribution in [0.3, 0.4) is 0 Å². The number of fused-ring (bicyclic) bond motifs is 1. The van der Waals surface area contributed by atoms with Crippen molar-refractivity contribution in [3.8, 4) is 11.5 Å². The summed E-state index contributed by atoms with van der Waals surface area (Å²) >= 11 is 0. The van der Waals surface area contributed by atoms with E-state index in [1.165, 1.54) is 13.2 Å². The molecule has 0 radical (unpaired) electrons. The lowest BCUT2D eigenvalue weighted by Crippen LogP contribution is -2.43. The number of halogens is 2. The number of amides is 1. The van der Waals surface area contributed by atoms with Crippen LogP contribution in [0.15, 0.2) is 72.8 Å². The third-order valence-electron chi connectivity index (χ3n) is 4.68. The summed E-state index contributed by atoms with van der Waals surface area (Å²) in [6.45, 7) is -2.99. The summed E-state index contributed by atoms with van der Waals surface area (Å²) in [7, 11) is 1.38. The lowest BCUT2D eigenvalue weighted by molar-refractivity contribution is -0.0512. The van der Waals surface area contributed by atoms with Crippen LogP contribution in [0.5, 0.6) is 11.5 Å². The number of hydrogen-bond acceptors (Lipinski definition) is 4. The van der Waals surface area contributed by atoms with Gasteiger partial charge >= 0.3 is 6.61 Å². The molecule has 0 spiro atoms. The molecule has 0 aliphatic carbocycles. The zero-order valence-corrected chi connectivity index (χ0v) is 15.5. The molecule has 148 valence electrons. The highest BCUT2D eigenvalue weighted by Gasteiger charge is 2.34. The fraction of sp³-hybridized carbons (Fsp3) is 0.136. The molecule has 5 nitrogen and oxygen atoms in total. The SMILES string of the molecule is COc1ccc(C2Nc3ccccc3C(=O)N2c2ccccc2)cc1OC(F)F. The van der Waals surface area contributed by atoms with Crippen molar-refractivity contribution in [2.75, 3.05) is 17.3 Å². The van der Waals surface area contributed by atoms with Crippen molar-refractivity contribution < 1.29 is 23.0 Å². The van der Waals surface area contributed by atoms with Crippen molar-refractivity contribution in [1.29, 1.82) is 0 Å². The first-order valence-corrected chi connectivity index (χ1v) is 8.95. The molecule has 0 saturated heterocycles. The molecule has 1 aliphatic heterocycles. The predicted molar refractivity (Wildman–Crippen MR) is 106 cm³/mol. The minimum atomic E-state index is -2.99. The Bertz CT molecular complexity index is 1030. The van der Waals surface area contributed by atoms with Crippen LogP contribution in [0.1, 0.15) is 22.1 Å². The van der Waals surface area contributed by atoms with Gasteiger partial charge in [-0.05, 0) is 42.0 Å². The van der Waals surface area contributed by atoms with Crippen LogP contribution in [0.2, 0.25) is 0 Å². The molecule has 4 rings (SSSR count). The topological polar surface area (TPSA) is 50.8 Å². The summed E-state index contributed by atoms with van der Waals surface area (Å²) < 4.78 is 35.4. The fourth-order valence-corrected chi connectivity index (χ4v) is 3.39. The number of anilines is 2. The number of ether oxygens (including phenoxy) is 2. The first kappa shape index (κ1) is 18.7. The molecule has 1 heterocycles. The van der Waals surface area contributed by atoms with E-state index in [1.807, 2.05) is 42.5 Å². The molecule has 29 heavy (non-hydrogen) atoms. The molecule has 7 heteroatoms. The van der Waals surface area contributed by atoms with E-state index in [-0.39, 0.29) is 17.4 Å². The highest BCUT2D eigenvalue weighted by atomic mass is 19.3. The number of rotatable bonds is 5. The van der Waals surface area contributed by atoms with Gasteiger partial charge in [-0.3, -0.25) is 9.69 Å². The van der Waals surface area contributed by atoms with Gasteiger partial charge in [0.05, 0.1) is 12.7 Å². The van der Waals surface area contributed by atoms with E-state index in [9.17, 15) is 13.6 Å². The first-order chi connectivity index (χ1) is 14.1. The lowest BCUT2D eigenvalue weighted by Gasteiger charge is -2.38. The molecule has 3 aromatic rings. The summed E-state index contributed by atoms with van der Waals surface area (Å²) in [5.74, 6) is -0.105. The number of methoxy groups -OCH3 is 1. The Kier molecular flexibility index (Phi) is 5.03. The van der Waals surface area contributed by atoms with Crippen LogP contribution in [0.4, 0.5) is 20.2 Å². The largest absolute Gasteiger partial charge is 0.493 e. The number of nitrogens with zero attached hydrogens (tertiary/aromatic N) is 1. The number of nitrogens with one attached hydrogen (secondary N) is 1. The Balaban J connectivity index is 1.83. The average Bonchev–Trinajstić information content (AvgIpc) is 2.74. The van der Waals surface area contributed by atoms with E-state index < -0.39 is 12.8 Å². The summed E-state index contributed by atoms with van der Waals surface area (Å²) in [5, 5.41) is 3.33. The second-order valence-corrected chi connectivity index (χ2v) is 6.39. The number of hydrogen-bond donors (Lipinski definition) is 1. The van der Waals surface area contributed by atoms with Gasteiger partial charge in [0, 0.05) is 11.4 Å². The van der Waals surface area contributed by atoms with Crippen LogP contribution >= 0.6 is 0 Å². The number of para-hydroxylation sites is 2. The Morgan fingerprint density at radius 3 is 2.41 bits per heavy atom. The van der Waals surface area contributed by atoms with Crippen molar-refractivity contribution in [2.24, 2.45) is 0 Å². The van der Waals surface area contributed by atoms with Crippen LogP contribution in [-0.2, 0) is 0 Å². The van der Waals surface area contributed by atoms with Gasteiger partial charge in [0.25, 0.3) is 5.91 Å². The molecule has 1 amide bonds. The third kappa shape index (κ3) is 3.59. The van der Waals surface area contributed by atoms with Crippen molar-refractivity contribution in [1.82, 2.24) is 0 Å². The van der Waals surface area contributed by atoms with E-state index >= 15 is 0 Å². The molecule has 1 aliphatic rings. The zero-order valence-electron chi connectivity index (χ0n) is 15.5. The molecular formula is C22H18F2N2O3. The van der Waals surface area contributed by atoms with E-state index in [1.54, 1.807) is 29.2 Å². The number of alkyl halides is 2. The van der Waals surface area contributed by atoms with E-state index in [4.69, 9.17) is 4.74 Å². The normalized spacial score (nSPS) is 15.7. The van der Waals surface area contributed by atoms with E-state index in [2.05, 4.69) is 10.1 Å². The van der Waals surface area contributed by atoms with Gasteiger partial charge < -0.3 is 14.8 Å². The van der Waals surface area contributed by atoms with Gasteiger partial charge in [-0.1, -0.05) is 36.4 Å². The third-order valence-corrected chi connectivity index (χ3v) is 4.68. The van der Waals surface area contributed by atoms with Crippen molar-refractivity contribution in [3.63, 3.8) is 0 Å². The Labute approximate surface area is 166 Å². The maximum Gasteiger partial charge on any atom is 0.387 e.